The predicted molar refractivity (Wildman–Crippen MR) is 181 cm³/mol. The van der Waals surface area contributed by atoms with Gasteiger partial charge in [0.25, 0.3) is 5.56 Å². The number of carbonyl (C=O) groups is 2. The lowest BCUT2D eigenvalue weighted by Gasteiger charge is -2.27. The average molecular weight is 659 g/mol. The lowest BCUT2D eigenvalue weighted by Crippen LogP contribution is -2.47. The van der Waals surface area contributed by atoms with Gasteiger partial charge < -0.3 is 23.5 Å². The van der Waals surface area contributed by atoms with E-state index in [1.165, 1.54) is 0 Å². The Labute approximate surface area is 275 Å². The van der Waals surface area contributed by atoms with E-state index in [0.29, 0.717) is 60.9 Å². The number of pyridine rings is 2. The lowest BCUT2D eigenvalue weighted by atomic mass is 9.90. The maximum atomic E-state index is 13.2. The first-order valence-corrected chi connectivity index (χ1v) is 14.7. The number of nitrogens with zero attached hydrogens (tertiary/aromatic N) is 5. The van der Waals surface area contributed by atoms with Crippen LogP contribution in [0.3, 0.4) is 0 Å². The van der Waals surface area contributed by atoms with Gasteiger partial charge in [0.05, 0.1) is 29.6 Å². The van der Waals surface area contributed by atoms with Crippen molar-refractivity contribution in [1.29, 1.82) is 0 Å². The number of furan rings is 1. The van der Waals surface area contributed by atoms with Crippen LogP contribution >= 0.6 is 24.8 Å². The van der Waals surface area contributed by atoms with Crippen molar-refractivity contribution in [2.45, 2.75) is 47.2 Å². The zero-order valence-electron chi connectivity index (χ0n) is 26.3. The van der Waals surface area contributed by atoms with E-state index in [2.05, 4.69) is 9.88 Å². The third-order valence-electron chi connectivity index (χ3n) is 8.10. The summed E-state index contributed by atoms with van der Waals surface area (Å²) in [7, 11) is 1.70. The van der Waals surface area contributed by atoms with Crippen LogP contribution in [-0.2, 0) is 22.7 Å². The van der Waals surface area contributed by atoms with Crippen LogP contribution in [0.4, 0.5) is 11.4 Å². The Morgan fingerprint density at radius 3 is 2.42 bits per heavy atom. The smallest absolute Gasteiger partial charge is 0.261 e. The first-order valence-electron chi connectivity index (χ1n) is 14.7. The molecule has 10 nitrogen and oxygen atoms in total. The molecule has 2 amide bonds. The molecular weight excluding hydrogens is 617 g/mol. The minimum Gasteiger partial charge on any atom is -0.493 e. The molecule has 5 rings (SSSR count). The summed E-state index contributed by atoms with van der Waals surface area (Å²) in [5, 5.41) is 0.595. The Kier molecular flexibility index (Phi) is 11.8. The van der Waals surface area contributed by atoms with Crippen LogP contribution in [-0.4, -0.2) is 59.6 Å². The highest BCUT2D eigenvalue weighted by Gasteiger charge is 2.45. The van der Waals surface area contributed by atoms with Crippen molar-refractivity contribution in [3.05, 3.63) is 82.7 Å². The summed E-state index contributed by atoms with van der Waals surface area (Å²) in [5.74, 6) is 0.174. The van der Waals surface area contributed by atoms with Gasteiger partial charge in [0, 0.05) is 70.0 Å². The number of fused-ring (bicyclic) bond motifs is 2. The molecule has 12 heteroatoms. The van der Waals surface area contributed by atoms with Crippen molar-refractivity contribution in [1.82, 2.24) is 14.5 Å². The Morgan fingerprint density at radius 2 is 1.71 bits per heavy atom. The third kappa shape index (κ3) is 7.35. The molecular formula is C33H41Cl2N5O5. The van der Waals surface area contributed by atoms with E-state index in [4.69, 9.17) is 9.15 Å². The van der Waals surface area contributed by atoms with Crippen LogP contribution in [0.25, 0.3) is 11.0 Å². The summed E-state index contributed by atoms with van der Waals surface area (Å²) in [5.41, 5.74) is 2.84. The molecule has 0 bridgehead atoms. The summed E-state index contributed by atoms with van der Waals surface area (Å²) in [6.45, 7) is 10.8. The SMILES string of the molecule is CCN1C(=O)C(C)(C)C(=O)N(C)c2cc(OCCCN(CCn3cc(C)c4occc4c3=O)Cc3ccncc3)ccc21.Cl.Cl. The molecule has 0 N–H and O–H groups in total. The van der Waals surface area contributed by atoms with Gasteiger partial charge in [0.1, 0.15) is 16.7 Å². The normalized spacial score (nSPS) is 14.2. The van der Waals surface area contributed by atoms with E-state index in [1.807, 2.05) is 50.4 Å². The van der Waals surface area contributed by atoms with Crippen LogP contribution in [0.5, 0.6) is 5.75 Å². The van der Waals surface area contributed by atoms with Crippen molar-refractivity contribution >= 4 is 59.0 Å². The van der Waals surface area contributed by atoms with Gasteiger partial charge in [-0.3, -0.25) is 24.3 Å². The molecule has 0 atom stereocenters. The number of halogens is 2. The van der Waals surface area contributed by atoms with Gasteiger partial charge in [0.2, 0.25) is 11.8 Å². The second-order valence-corrected chi connectivity index (χ2v) is 11.5. The number of aromatic nitrogens is 2. The van der Waals surface area contributed by atoms with Crippen LogP contribution in [0.2, 0.25) is 0 Å². The molecule has 0 radical (unpaired) electrons. The molecule has 242 valence electrons. The zero-order valence-corrected chi connectivity index (χ0v) is 28.0. The molecule has 1 aliphatic rings. The molecule has 4 heterocycles. The van der Waals surface area contributed by atoms with Crippen molar-refractivity contribution in [2.24, 2.45) is 5.41 Å². The molecule has 3 aromatic heterocycles. The van der Waals surface area contributed by atoms with E-state index < -0.39 is 5.41 Å². The highest BCUT2D eigenvalue weighted by Crippen LogP contribution is 2.40. The maximum Gasteiger partial charge on any atom is 0.261 e. The summed E-state index contributed by atoms with van der Waals surface area (Å²) in [6, 6.07) is 11.2. The van der Waals surface area contributed by atoms with Crippen LogP contribution in [0.1, 0.15) is 38.3 Å². The van der Waals surface area contributed by atoms with Crippen molar-refractivity contribution in [3.8, 4) is 5.75 Å². The lowest BCUT2D eigenvalue weighted by molar-refractivity contribution is -0.137. The summed E-state index contributed by atoms with van der Waals surface area (Å²) < 4.78 is 13.4. The Bertz CT molecular complexity index is 1690. The predicted octanol–water partition coefficient (Wildman–Crippen LogP) is 5.47. The monoisotopic (exact) mass is 657 g/mol. The fourth-order valence-corrected chi connectivity index (χ4v) is 5.67. The number of hydrogen-bond donors (Lipinski definition) is 0. The van der Waals surface area contributed by atoms with Crippen LogP contribution < -0.4 is 20.1 Å². The zero-order chi connectivity index (χ0) is 30.7. The molecule has 1 aliphatic heterocycles. The highest BCUT2D eigenvalue weighted by molar-refractivity contribution is 6.20. The molecule has 45 heavy (non-hydrogen) atoms. The number of aryl methyl sites for hydroxylation is 1. The van der Waals surface area contributed by atoms with Gasteiger partial charge >= 0.3 is 0 Å². The molecule has 0 unspecified atom stereocenters. The number of rotatable bonds is 11. The minimum absolute atomic E-state index is 0. The molecule has 1 aromatic carbocycles. The number of hydrogen-bond acceptors (Lipinski definition) is 7. The Morgan fingerprint density at radius 1 is 0.978 bits per heavy atom. The van der Waals surface area contributed by atoms with E-state index in [-0.39, 0.29) is 42.2 Å². The summed E-state index contributed by atoms with van der Waals surface area (Å²) in [4.78, 5) is 48.9. The fourth-order valence-electron chi connectivity index (χ4n) is 5.67. The number of carbonyl (C=O) groups excluding carboxylic acids is 2. The van der Waals surface area contributed by atoms with Gasteiger partial charge in [-0.1, -0.05) is 0 Å². The number of benzene rings is 1. The number of anilines is 2. The van der Waals surface area contributed by atoms with Crippen LogP contribution in [0, 0.1) is 12.3 Å². The summed E-state index contributed by atoms with van der Waals surface area (Å²) in [6.07, 6.45) is 7.73. The minimum atomic E-state index is -1.16. The van der Waals surface area contributed by atoms with Crippen molar-refractivity contribution in [2.75, 3.05) is 43.1 Å². The molecule has 0 fully saturated rings. The van der Waals surface area contributed by atoms with E-state index in [1.54, 1.807) is 60.0 Å². The van der Waals surface area contributed by atoms with Gasteiger partial charge in [-0.05, 0) is 70.0 Å². The van der Waals surface area contributed by atoms with E-state index >= 15 is 0 Å². The standard InChI is InChI=1S/C33H39N5O5.2ClH/c1-6-38-27-9-8-25(20-28(27)35(5)31(40)33(3,4)32(38)41)42-18-7-15-36(22-24-10-13-34-14-11-24)16-17-37-21-23(2)29-26(30(37)39)12-19-43-29;;/h8-14,19-21H,6-7,15-18,22H2,1-5H3;2*1H. The molecule has 0 spiro atoms. The molecule has 0 saturated carbocycles. The highest BCUT2D eigenvalue weighted by atomic mass is 35.5. The largest absolute Gasteiger partial charge is 0.493 e. The second kappa shape index (κ2) is 14.9. The quantitative estimate of drug-likeness (QED) is 0.156. The first-order chi connectivity index (χ1) is 20.6. The summed E-state index contributed by atoms with van der Waals surface area (Å²) >= 11 is 0. The number of amides is 2. The molecule has 0 aliphatic carbocycles. The van der Waals surface area contributed by atoms with Gasteiger partial charge in [-0.25, -0.2) is 0 Å². The Balaban J connectivity index is 0.00000276. The number of ether oxygens (including phenoxy) is 1. The fraction of sp³-hybridized carbons (Fsp3) is 0.394. The van der Waals surface area contributed by atoms with E-state index in [0.717, 1.165) is 24.1 Å². The van der Waals surface area contributed by atoms with Crippen molar-refractivity contribution in [3.63, 3.8) is 0 Å². The van der Waals surface area contributed by atoms with Gasteiger partial charge in [-0.15, -0.1) is 24.8 Å². The Hall–Kier alpha value is -3.86. The van der Waals surface area contributed by atoms with Gasteiger partial charge in [0.15, 0.2) is 0 Å². The molecule has 0 saturated heterocycles. The maximum absolute atomic E-state index is 13.2. The van der Waals surface area contributed by atoms with Gasteiger partial charge in [-0.2, -0.15) is 0 Å². The van der Waals surface area contributed by atoms with E-state index in [9.17, 15) is 14.4 Å². The average Bonchev–Trinajstić information content (AvgIpc) is 3.50. The topological polar surface area (TPSA) is 101 Å². The van der Waals surface area contributed by atoms with Crippen molar-refractivity contribution < 1.29 is 18.7 Å². The second-order valence-electron chi connectivity index (χ2n) is 11.5. The van der Waals surface area contributed by atoms with Crippen LogP contribution in [0.15, 0.2) is 70.5 Å². The molecule has 4 aromatic rings. The first kappa shape index (κ1) is 35.6. The third-order valence-corrected chi connectivity index (χ3v) is 8.10.